The second-order valence-corrected chi connectivity index (χ2v) is 4.55. The van der Waals surface area contributed by atoms with Crippen LogP contribution in [0.3, 0.4) is 0 Å². The van der Waals surface area contributed by atoms with Crippen LogP contribution >= 0.6 is 0 Å². The van der Waals surface area contributed by atoms with Gasteiger partial charge in [-0.3, -0.25) is 4.90 Å². The largest absolute Gasteiger partial charge is 0.493 e. The summed E-state index contributed by atoms with van der Waals surface area (Å²) in [5.41, 5.74) is 6.76. The first-order valence-corrected chi connectivity index (χ1v) is 6.00. The van der Waals surface area contributed by atoms with Crippen LogP contribution in [0.5, 0.6) is 5.75 Å². The van der Waals surface area contributed by atoms with Gasteiger partial charge in [-0.25, -0.2) is 4.39 Å². The molecule has 17 heavy (non-hydrogen) atoms. The first kappa shape index (κ1) is 12.3. The van der Waals surface area contributed by atoms with Gasteiger partial charge in [-0.1, -0.05) is 12.1 Å². The highest BCUT2D eigenvalue weighted by Gasteiger charge is 2.18. The molecule has 1 aromatic carbocycles. The lowest BCUT2D eigenvalue weighted by molar-refractivity contribution is 0.203. The van der Waals surface area contributed by atoms with Crippen LogP contribution in [-0.2, 0) is 6.54 Å². The Balaban J connectivity index is 2.05. The molecule has 94 valence electrons. The van der Waals surface area contributed by atoms with E-state index in [1.807, 2.05) is 6.07 Å². The Kier molecular flexibility index (Phi) is 3.97. The Bertz CT molecular complexity index is 376. The molecule has 0 atom stereocenters. The smallest absolute Gasteiger partial charge is 0.165 e. The van der Waals surface area contributed by atoms with Crippen molar-refractivity contribution in [3.63, 3.8) is 0 Å². The minimum absolute atomic E-state index is 0.293. The summed E-state index contributed by atoms with van der Waals surface area (Å²) in [5, 5.41) is 0. The monoisotopic (exact) mass is 238 g/mol. The van der Waals surface area contributed by atoms with E-state index in [1.165, 1.54) is 13.2 Å². The molecule has 2 rings (SSSR count). The third-order valence-corrected chi connectivity index (χ3v) is 3.28. The topological polar surface area (TPSA) is 38.5 Å². The molecule has 1 saturated heterocycles. The molecule has 0 saturated carbocycles. The van der Waals surface area contributed by atoms with Gasteiger partial charge in [0.1, 0.15) is 0 Å². The molecule has 3 nitrogen and oxygen atoms in total. The minimum atomic E-state index is -0.293. The molecule has 1 fully saturated rings. The Hall–Kier alpha value is -1.13. The minimum Gasteiger partial charge on any atom is -0.493 e. The van der Waals surface area contributed by atoms with Crippen LogP contribution in [-0.4, -0.2) is 31.1 Å². The molecule has 1 aliphatic heterocycles. The highest BCUT2D eigenvalue weighted by Crippen LogP contribution is 2.24. The Labute approximate surface area is 101 Å². The van der Waals surface area contributed by atoms with E-state index in [1.54, 1.807) is 6.07 Å². The zero-order chi connectivity index (χ0) is 12.3. The first-order chi connectivity index (χ1) is 8.20. The summed E-state index contributed by atoms with van der Waals surface area (Å²) < 4.78 is 18.6. The number of nitrogens with zero attached hydrogens (tertiary/aromatic N) is 1. The Morgan fingerprint density at radius 1 is 1.41 bits per heavy atom. The lowest BCUT2D eigenvalue weighted by Gasteiger charge is -2.30. The van der Waals surface area contributed by atoms with Crippen molar-refractivity contribution in [2.75, 3.05) is 20.2 Å². The number of halogens is 1. The third-order valence-electron chi connectivity index (χ3n) is 3.28. The van der Waals surface area contributed by atoms with Crippen molar-refractivity contribution in [2.45, 2.75) is 25.4 Å². The molecule has 1 aliphatic rings. The van der Waals surface area contributed by atoms with Crippen LogP contribution in [0.2, 0.25) is 0 Å². The van der Waals surface area contributed by atoms with Gasteiger partial charge >= 0.3 is 0 Å². The molecule has 0 aromatic heterocycles. The molecule has 0 unspecified atom stereocenters. The Morgan fingerprint density at radius 2 is 2.12 bits per heavy atom. The van der Waals surface area contributed by atoms with Gasteiger partial charge in [0.15, 0.2) is 11.6 Å². The summed E-state index contributed by atoms with van der Waals surface area (Å²) in [6, 6.07) is 5.38. The van der Waals surface area contributed by atoms with Crippen LogP contribution < -0.4 is 10.5 Å². The summed E-state index contributed by atoms with van der Waals surface area (Å²) in [5.74, 6) is 0.0704. The fourth-order valence-electron chi connectivity index (χ4n) is 2.26. The number of rotatable bonds is 3. The number of piperidine rings is 1. The molecule has 0 radical (unpaired) electrons. The van der Waals surface area contributed by atoms with Crippen molar-refractivity contribution in [1.82, 2.24) is 4.90 Å². The summed E-state index contributed by atoms with van der Waals surface area (Å²) in [4.78, 5) is 2.29. The van der Waals surface area contributed by atoms with Crippen LogP contribution in [0, 0.1) is 5.82 Å². The van der Waals surface area contributed by atoms with E-state index < -0.39 is 0 Å². The second-order valence-electron chi connectivity index (χ2n) is 4.55. The van der Waals surface area contributed by atoms with Crippen molar-refractivity contribution < 1.29 is 9.13 Å². The summed E-state index contributed by atoms with van der Waals surface area (Å²) in [7, 11) is 1.51. The van der Waals surface area contributed by atoms with Gasteiger partial charge < -0.3 is 10.5 Å². The lowest BCUT2D eigenvalue weighted by Crippen LogP contribution is -2.39. The molecular formula is C13H19FN2O. The molecule has 0 aliphatic carbocycles. The number of hydrogen-bond acceptors (Lipinski definition) is 3. The van der Waals surface area contributed by atoms with Gasteiger partial charge in [-0.15, -0.1) is 0 Å². The molecule has 0 spiro atoms. The number of benzene rings is 1. The van der Waals surface area contributed by atoms with E-state index >= 15 is 0 Å². The third kappa shape index (κ3) is 2.96. The van der Waals surface area contributed by atoms with Crippen LogP contribution in [0.25, 0.3) is 0 Å². The number of nitrogens with two attached hydrogens (primary N) is 1. The first-order valence-electron chi connectivity index (χ1n) is 6.00. The molecule has 0 amide bonds. The fourth-order valence-corrected chi connectivity index (χ4v) is 2.26. The quantitative estimate of drug-likeness (QED) is 0.872. The average molecular weight is 238 g/mol. The summed E-state index contributed by atoms with van der Waals surface area (Å²) in [6.45, 7) is 2.68. The van der Waals surface area contributed by atoms with Crippen LogP contribution in [0.15, 0.2) is 18.2 Å². The highest BCUT2D eigenvalue weighted by molar-refractivity contribution is 5.34. The normalized spacial score (nSPS) is 18.3. The van der Waals surface area contributed by atoms with Gasteiger partial charge in [0.05, 0.1) is 7.11 Å². The van der Waals surface area contributed by atoms with Crippen molar-refractivity contribution in [3.05, 3.63) is 29.6 Å². The van der Waals surface area contributed by atoms with Gasteiger partial charge in [-0.05, 0) is 32.0 Å². The number of likely N-dealkylation sites (tertiary alicyclic amines) is 1. The predicted octanol–water partition coefficient (Wildman–Crippen LogP) is 1.76. The summed E-state index contributed by atoms with van der Waals surface area (Å²) in [6.07, 6.45) is 2.02. The number of methoxy groups -OCH3 is 1. The van der Waals surface area contributed by atoms with E-state index in [9.17, 15) is 4.39 Å². The van der Waals surface area contributed by atoms with E-state index in [0.717, 1.165) is 38.0 Å². The zero-order valence-corrected chi connectivity index (χ0v) is 10.2. The zero-order valence-electron chi connectivity index (χ0n) is 10.2. The van der Waals surface area contributed by atoms with E-state index in [4.69, 9.17) is 10.5 Å². The average Bonchev–Trinajstić information content (AvgIpc) is 2.32. The fraction of sp³-hybridized carbons (Fsp3) is 0.538. The van der Waals surface area contributed by atoms with Crippen molar-refractivity contribution >= 4 is 0 Å². The molecule has 1 heterocycles. The van der Waals surface area contributed by atoms with Crippen molar-refractivity contribution in [3.8, 4) is 5.75 Å². The van der Waals surface area contributed by atoms with Gasteiger partial charge in [-0.2, -0.15) is 0 Å². The van der Waals surface area contributed by atoms with Gasteiger partial charge in [0.25, 0.3) is 0 Å². The van der Waals surface area contributed by atoms with E-state index in [-0.39, 0.29) is 5.82 Å². The van der Waals surface area contributed by atoms with E-state index in [0.29, 0.717) is 11.8 Å². The molecule has 1 aromatic rings. The van der Waals surface area contributed by atoms with Crippen LogP contribution in [0.4, 0.5) is 4.39 Å². The SMILES string of the molecule is COc1c(F)cccc1CN1CCC(N)CC1. The molecule has 0 bridgehead atoms. The van der Waals surface area contributed by atoms with Crippen molar-refractivity contribution in [2.24, 2.45) is 5.73 Å². The number of hydrogen-bond donors (Lipinski definition) is 1. The summed E-state index contributed by atoms with van der Waals surface area (Å²) >= 11 is 0. The number of para-hydroxylation sites is 1. The highest BCUT2D eigenvalue weighted by atomic mass is 19.1. The standard InChI is InChI=1S/C13H19FN2O/c1-17-13-10(3-2-4-12(13)14)9-16-7-5-11(15)6-8-16/h2-4,11H,5-9,15H2,1H3. The van der Waals surface area contributed by atoms with Crippen molar-refractivity contribution in [1.29, 1.82) is 0 Å². The molecule has 2 N–H and O–H groups in total. The maximum atomic E-state index is 13.5. The van der Waals surface area contributed by atoms with Gasteiger partial charge in [0.2, 0.25) is 0 Å². The maximum Gasteiger partial charge on any atom is 0.165 e. The lowest BCUT2D eigenvalue weighted by atomic mass is 10.1. The Morgan fingerprint density at radius 3 is 2.76 bits per heavy atom. The van der Waals surface area contributed by atoms with Gasteiger partial charge in [0, 0.05) is 18.2 Å². The van der Waals surface area contributed by atoms with E-state index in [2.05, 4.69) is 4.90 Å². The number of ether oxygens (including phenoxy) is 1. The molecule has 4 heteroatoms. The second kappa shape index (κ2) is 5.47. The van der Waals surface area contributed by atoms with Crippen LogP contribution in [0.1, 0.15) is 18.4 Å². The predicted molar refractivity (Wildman–Crippen MR) is 65.4 cm³/mol. The molecular weight excluding hydrogens is 219 g/mol. The maximum absolute atomic E-state index is 13.5.